The molecule has 2 atom stereocenters. The van der Waals surface area contributed by atoms with Crippen LogP contribution in [0.3, 0.4) is 0 Å². The highest BCUT2D eigenvalue weighted by Crippen LogP contribution is 2.25. The van der Waals surface area contributed by atoms with E-state index < -0.39 is 17.7 Å². The molecule has 2 fully saturated rings. The third kappa shape index (κ3) is 8.25. The molecule has 0 radical (unpaired) electrons. The number of aromatic nitrogens is 3. The van der Waals surface area contributed by atoms with Gasteiger partial charge in [-0.2, -0.15) is 0 Å². The van der Waals surface area contributed by atoms with Crippen molar-refractivity contribution in [3.8, 4) is 0 Å². The van der Waals surface area contributed by atoms with Crippen molar-refractivity contribution in [2.24, 2.45) is 0 Å². The minimum absolute atomic E-state index is 0.0343. The predicted molar refractivity (Wildman–Crippen MR) is 169 cm³/mol. The molecule has 0 unspecified atom stereocenters. The first-order valence-electron chi connectivity index (χ1n) is 15.9. The van der Waals surface area contributed by atoms with Crippen LogP contribution in [0.4, 0.5) is 19.3 Å². The Kier molecular flexibility index (Phi) is 9.99. The van der Waals surface area contributed by atoms with Crippen LogP contribution in [0.2, 0.25) is 0 Å². The quantitative estimate of drug-likeness (QED) is 0.225. The summed E-state index contributed by atoms with van der Waals surface area (Å²) in [5, 5.41) is 12.3. The van der Waals surface area contributed by atoms with E-state index in [4.69, 9.17) is 4.74 Å². The second kappa shape index (κ2) is 14.6. The molecule has 2 aliphatic rings. The molecule has 10 heteroatoms. The number of ether oxygens (including phenoxy) is 1. The molecule has 45 heavy (non-hydrogen) atoms. The highest BCUT2D eigenvalue weighted by molar-refractivity contribution is 5.68. The molecule has 1 saturated carbocycles. The number of rotatable bonds is 11. The van der Waals surface area contributed by atoms with Crippen LogP contribution in [-0.4, -0.2) is 64.3 Å². The Morgan fingerprint density at radius 1 is 0.889 bits per heavy atom. The smallest absolute Gasteiger partial charge is 0.407 e. The summed E-state index contributed by atoms with van der Waals surface area (Å²) in [4.78, 5) is 17.4. The molecule has 6 rings (SSSR count). The summed E-state index contributed by atoms with van der Waals surface area (Å²) in [5.41, 5.74) is 3.49. The molecule has 1 N–H and O–H groups in total. The fraction of sp³-hybridized carbons (Fsp3) is 0.400. The zero-order valence-corrected chi connectivity index (χ0v) is 25.4. The monoisotopic (exact) mass is 614 g/mol. The molecule has 3 aromatic carbocycles. The lowest BCUT2D eigenvalue weighted by Gasteiger charge is -2.35. The molecular weight excluding hydrogens is 574 g/mol. The van der Waals surface area contributed by atoms with Crippen LogP contribution in [0.5, 0.6) is 0 Å². The number of hydrogen-bond donors (Lipinski definition) is 1. The summed E-state index contributed by atoms with van der Waals surface area (Å²) in [6.07, 6.45) is 6.78. The second-order valence-corrected chi connectivity index (χ2v) is 12.1. The molecule has 0 bridgehead atoms. The van der Waals surface area contributed by atoms with Gasteiger partial charge in [0.1, 0.15) is 17.7 Å². The van der Waals surface area contributed by atoms with E-state index in [0.29, 0.717) is 51.3 Å². The van der Waals surface area contributed by atoms with Crippen LogP contribution in [0, 0.1) is 11.6 Å². The minimum Gasteiger partial charge on any atom is -0.446 e. The number of nitrogens with zero attached hydrogens (tertiary/aromatic N) is 5. The lowest BCUT2D eigenvalue weighted by atomic mass is 9.94. The van der Waals surface area contributed by atoms with E-state index in [1.165, 1.54) is 12.1 Å². The lowest BCUT2D eigenvalue weighted by molar-refractivity contribution is 0.0946. The van der Waals surface area contributed by atoms with Crippen molar-refractivity contribution in [1.82, 2.24) is 25.2 Å². The number of alkyl carbamates (subject to hydrolysis) is 1. The van der Waals surface area contributed by atoms with Crippen LogP contribution < -0.4 is 10.2 Å². The van der Waals surface area contributed by atoms with E-state index in [1.807, 2.05) is 52.2 Å². The van der Waals surface area contributed by atoms with E-state index in [9.17, 15) is 13.6 Å². The summed E-state index contributed by atoms with van der Waals surface area (Å²) in [6.45, 7) is 3.27. The molecule has 1 aliphatic heterocycles. The van der Waals surface area contributed by atoms with Gasteiger partial charge in [-0.3, -0.25) is 4.90 Å². The average Bonchev–Trinajstić information content (AvgIpc) is 3.74. The molecule has 1 aromatic heterocycles. The van der Waals surface area contributed by atoms with Crippen LogP contribution in [0.1, 0.15) is 48.5 Å². The van der Waals surface area contributed by atoms with Crippen LogP contribution >= 0.6 is 0 Å². The SMILES string of the molecule is O=C(N[C@@H](Cc1ccccc1)[C@H](Cc1ccccc1)n1cc(CN2CCN(c3ccc(F)cc3F)CC2)nn1)OC1CCCC1. The first-order valence-corrected chi connectivity index (χ1v) is 15.9. The van der Waals surface area contributed by atoms with Crippen molar-refractivity contribution >= 4 is 11.8 Å². The molecule has 0 spiro atoms. The van der Waals surface area contributed by atoms with Crippen LogP contribution in [0.25, 0.3) is 0 Å². The Hall–Kier alpha value is -4.31. The van der Waals surface area contributed by atoms with Crippen molar-refractivity contribution < 1.29 is 18.3 Å². The Balaban J connectivity index is 1.18. The maximum atomic E-state index is 14.3. The Morgan fingerprint density at radius 2 is 1.56 bits per heavy atom. The number of hydrogen-bond acceptors (Lipinski definition) is 6. The van der Waals surface area contributed by atoms with Gasteiger partial charge in [-0.25, -0.2) is 18.3 Å². The van der Waals surface area contributed by atoms with E-state index in [-0.39, 0.29) is 18.2 Å². The van der Waals surface area contributed by atoms with Gasteiger partial charge in [0.05, 0.1) is 29.7 Å². The molecule has 1 aliphatic carbocycles. The summed E-state index contributed by atoms with van der Waals surface area (Å²) >= 11 is 0. The highest BCUT2D eigenvalue weighted by Gasteiger charge is 2.30. The first kappa shape index (κ1) is 30.7. The molecule has 1 saturated heterocycles. The van der Waals surface area contributed by atoms with Crippen LogP contribution in [-0.2, 0) is 24.1 Å². The Bertz CT molecular complexity index is 1520. The van der Waals surface area contributed by atoms with Gasteiger partial charge in [0.15, 0.2) is 0 Å². The average molecular weight is 615 g/mol. The maximum Gasteiger partial charge on any atom is 0.407 e. The number of carbonyl (C=O) groups is 1. The highest BCUT2D eigenvalue weighted by atomic mass is 19.1. The number of benzene rings is 3. The summed E-state index contributed by atoms with van der Waals surface area (Å²) in [5.74, 6) is -1.11. The third-order valence-electron chi connectivity index (χ3n) is 8.84. The zero-order chi connectivity index (χ0) is 31.0. The normalized spacial score (nSPS) is 17.2. The number of anilines is 1. The topological polar surface area (TPSA) is 75.5 Å². The van der Waals surface area contributed by atoms with Crippen molar-refractivity contribution in [1.29, 1.82) is 0 Å². The zero-order valence-electron chi connectivity index (χ0n) is 25.4. The van der Waals surface area contributed by atoms with Gasteiger partial charge in [-0.1, -0.05) is 65.9 Å². The fourth-order valence-electron chi connectivity index (χ4n) is 6.43. The van der Waals surface area contributed by atoms with Crippen molar-refractivity contribution in [3.05, 3.63) is 114 Å². The molecule has 1 amide bonds. The molecule has 4 aromatic rings. The van der Waals surface area contributed by atoms with E-state index >= 15 is 0 Å². The molecular formula is C35H40F2N6O2. The van der Waals surface area contributed by atoms with Crippen molar-refractivity contribution in [3.63, 3.8) is 0 Å². The van der Waals surface area contributed by atoms with E-state index in [2.05, 4.69) is 44.8 Å². The number of halogens is 2. The van der Waals surface area contributed by atoms with Crippen molar-refractivity contribution in [2.45, 2.75) is 63.3 Å². The number of piperazine rings is 1. The first-order chi connectivity index (χ1) is 22.0. The van der Waals surface area contributed by atoms with Gasteiger partial charge in [-0.15, -0.1) is 5.10 Å². The van der Waals surface area contributed by atoms with Gasteiger partial charge in [0, 0.05) is 38.8 Å². The number of nitrogens with one attached hydrogen (secondary N) is 1. The lowest BCUT2D eigenvalue weighted by Crippen LogP contribution is -2.46. The largest absolute Gasteiger partial charge is 0.446 e. The molecule has 2 heterocycles. The van der Waals surface area contributed by atoms with Crippen LogP contribution in [0.15, 0.2) is 85.1 Å². The van der Waals surface area contributed by atoms with E-state index in [0.717, 1.165) is 48.6 Å². The Labute approximate surface area is 263 Å². The van der Waals surface area contributed by atoms with E-state index in [1.54, 1.807) is 0 Å². The summed E-state index contributed by atoms with van der Waals surface area (Å²) in [7, 11) is 0. The summed E-state index contributed by atoms with van der Waals surface area (Å²) in [6, 6.07) is 23.6. The van der Waals surface area contributed by atoms with Gasteiger partial charge < -0.3 is 15.0 Å². The maximum absolute atomic E-state index is 14.3. The summed E-state index contributed by atoms with van der Waals surface area (Å²) < 4.78 is 35.5. The Morgan fingerprint density at radius 3 is 2.22 bits per heavy atom. The van der Waals surface area contributed by atoms with Crippen molar-refractivity contribution in [2.75, 3.05) is 31.1 Å². The standard InChI is InChI=1S/C35H40F2N6O2/c36-28-15-16-33(31(37)23-28)42-19-17-41(18-20-42)24-29-25-43(40-39-29)34(22-27-11-5-2-6-12-27)32(21-26-9-3-1-4-10-26)38-35(44)45-30-13-7-8-14-30/h1-6,9-12,15-16,23,25,30,32,34H,7-8,13-14,17-22,24H2,(H,38,44)/t32-,34-/m0/s1. The molecule has 236 valence electrons. The number of carbonyl (C=O) groups excluding carboxylic acids is 1. The molecule has 8 nitrogen and oxygen atoms in total. The number of amides is 1. The van der Waals surface area contributed by atoms with Gasteiger partial charge >= 0.3 is 6.09 Å². The minimum atomic E-state index is -0.574. The van der Waals surface area contributed by atoms with Gasteiger partial charge in [0.25, 0.3) is 0 Å². The van der Waals surface area contributed by atoms with Gasteiger partial charge in [0.2, 0.25) is 0 Å². The third-order valence-corrected chi connectivity index (χ3v) is 8.84. The van der Waals surface area contributed by atoms with Gasteiger partial charge in [-0.05, 0) is 61.8 Å². The fourth-order valence-corrected chi connectivity index (χ4v) is 6.43. The second-order valence-electron chi connectivity index (χ2n) is 12.1. The predicted octanol–water partition coefficient (Wildman–Crippen LogP) is 5.94.